The van der Waals surface area contributed by atoms with Gasteiger partial charge < -0.3 is 5.32 Å². The molecule has 0 saturated heterocycles. The van der Waals surface area contributed by atoms with E-state index in [1.807, 2.05) is 17.7 Å². The highest BCUT2D eigenvalue weighted by Crippen LogP contribution is 2.28. The van der Waals surface area contributed by atoms with Crippen molar-refractivity contribution in [2.75, 3.05) is 5.32 Å². The average Bonchev–Trinajstić information content (AvgIpc) is 3.06. The molecule has 23 heavy (non-hydrogen) atoms. The van der Waals surface area contributed by atoms with Gasteiger partial charge in [-0.2, -0.15) is 23.4 Å². The van der Waals surface area contributed by atoms with Crippen LogP contribution in [0.1, 0.15) is 43.8 Å². The van der Waals surface area contributed by atoms with E-state index in [1.165, 1.54) is 4.68 Å². The van der Waals surface area contributed by atoms with E-state index >= 15 is 0 Å². The maximum absolute atomic E-state index is 12.7. The number of alkyl halides is 3. The van der Waals surface area contributed by atoms with Gasteiger partial charge in [-0.15, -0.1) is 0 Å². The van der Waals surface area contributed by atoms with Gasteiger partial charge in [-0.1, -0.05) is 13.3 Å². The molecule has 128 valence electrons. The molecule has 2 rings (SSSR count). The lowest BCUT2D eigenvalue weighted by atomic mass is 10.3. The van der Waals surface area contributed by atoms with Gasteiger partial charge in [0.1, 0.15) is 5.82 Å². The second-order valence-electron chi connectivity index (χ2n) is 5.44. The largest absolute Gasteiger partial charge is 0.435 e. The van der Waals surface area contributed by atoms with Gasteiger partial charge in [-0.25, -0.2) is 0 Å². The number of aromatic nitrogens is 4. The third-order valence-corrected chi connectivity index (χ3v) is 3.61. The SMILES string of the molecule is CCCCn1nc(NCc2cc(C(F)(F)F)nn2CC)cc1C. The first kappa shape index (κ1) is 17.4. The number of hydrogen-bond acceptors (Lipinski definition) is 3. The van der Waals surface area contributed by atoms with Crippen molar-refractivity contribution in [3.63, 3.8) is 0 Å². The van der Waals surface area contributed by atoms with E-state index in [2.05, 4.69) is 22.4 Å². The lowest BCUT2D eigenvalue weighted by Crippen LogP contribution is -2.09. The van der Waals surface area contributed by atoms with E-state index in [9.17, 15) is 13.2 Å². The van der Waals surface area contributed by atoms with Crippen molar-refractivity contribution in [3.8, 4) is 0 Å². The molecule has 1 N–H and O–H groups in total. The number of anilines is 1. The van der Waals surface area contributed by atoms with E-state index in [0.29, 0.717) is 18.1 Å². The predicted molar refractivity (Wildman–Crippen MR) is 82.1 cm³/mol. The minimum Gasteiger partial charge on any atom is -0.363 e. The van der Waals surface area contributed by atoms with Gasteiger partial charge in [0.05, 0.1) is 12.2 Å². The molecule has 2 aromatic rings. The predicted octanol–water partition coefficient (Wildman–Crippen LogP) is 3.84. The van der Waals surface area contributed by atoms with E-state index in [1.54, 1.807) is 6.92 Å². The zero-order valence-electron chi connectivity index (χ0n) is 13.6. The molecule has 8 heteroatoms. The Morgan fingerprint density at radius 1 is 1.13 bits per heavy atom. The van der Waals surface area contributed by atoms with Gasteiger partial charge in [0.15, 0.2) is 5.69 Å². The zero-order valence-corrected chi connectivity index (χ0v) is 13.6. The average molecular weight is 329 g/mol. The van der Waals surface area contributed by atoms with Crippen molar-refractivity contribution in [2.24, 2.45) is 0 Å². The summed E-state index contributed by atoms with van der Waals surface area (Å²) < 4.78 is 41.5. The van der Waals surface area contributed by atoms with E-state index in [0.717, 1.165) is 31.1 Å². The Hall–Kier alpha value is -1.99. The summed E-state index contributed by atoms with van der Waals surface area (Å²) in [6.45, 7) is 7.32. The second kappa shape index (κ2) is 7.06. The smallest absolute Gasteiger partial charge is 0.363 e. The van der Waals surface area contributed by atoms with Crippen LogP contribution >= 0.6 is 0 Å². The Morgan fingerprint density at radius 2 is 1.87 bits per heavy atom. The molecule has 0 saturated carbocycles. The summed E-state index contributed by atoms with van der Waals surface area (Å²) in [4.78, 5) is 0. The Kier molecular flexibility index (Phi) is 5.33. The molecule has 0 unspecified atom stereocenters. The first-order valence-corrected chi connectivity index (χ1v) is 7.77. The van der Waals surface area contributed by atoms with E-state index in [4.69, 9.17) is 0 Å². The molecule has 5 nitrogen and oxygen atoms in total. The summed E-state index contributed by atoms with van der Waals surface area (Å²) >= 11 is 0. The third-order valence-electron chi connectivity index (χ3n) is 3.61. The molecule has 2 heterocycles. The van der Waals surface area contributed by atoms with Crippen LogP contribution in [0.2, 0.25) is 0 Å². The minimum atomic E-state index is -4.42. The fourth-order valence-corrected chi connectivity index (χ4v) is 2.32. The molecule has 0 fully saturated rings. The molecule has 0 aliphatic rings. The number of hydrogen-bond donors (Lipinski definition) is 1. The Bertz CT molecular complexity index is 642. The highest BCUT2D eigenvalue weighted by atomic mass is 19.4. The molecule has 2 aromatic heterocycles. The maximum Gasteiger partial charge on any atom is 0.435 e. The lowest BCUT2D eigenvalue weighted by molar-refractivity contribution is -0.141. The summed E-state index contributed by atoms with van der Waals surface area (Å²) in [6.07, 6.45) is -2.30. The van der Waals surface area contributed by atoms with Gasteiger partial charge in [0, 0.05) is 24.8 Å². The first-order valence-electron chi connectivity index (χ1n) is 7.77. The number of rotatable bonds is 7. The van der Waals surface area contributed by atoms with Crippen molar-refractivity contribution in [1.82, 2.24) is 19.6 Å². The van der Waals surface area contributed by atoms with Crippen molar-refractivity contribution in [1.29, 1.82) is 0 Å². The lowest BCUT2D eigenvalue weighted by Gasteiger charge is -2.05. The Morgan fingerprint density at radius 3 is 2.48 bits per heavy atom. The Balaban J connectivity index is 2.07. The minimum absolute atomic E-state index is 0.251. The molecule has 0 amide bonds. The van der Waals surface area contributed by atoms with E-state index in [-0.39, 0.29) is 6.54 Å². The Labute approximate surface area is 133 Å². The first-order chi connectivity index (χ1) is 10.8. The van der Waals surface area contributed by atoms with Gasteiger partial charge in [0.2, 0.25) is 0 Å². The van der Waals surface area contributed by atoms with Crippen LogP contribution in [0, 0.1) is 6.92 Å². The number of unbranched alkanes of at least 4 members (excludes halogenated alkanes) is 1. The maximum atomic E-state index is 12.7. The molecule has 0 radical (unpaired) electrons. The van der Waals surface area contributed by atoms with Crippen LogP contribution in [0.5, 0.6) is 0 Å². The van der Waals surface area contributed by atoms with Crippen molar-refractivity contribution >= 4 is 5.82 Å². The van der Waals surface area contributed by atoms with Crippen LogP contribution in [-0.4, -0.2) is 19.6 Å². The summed E-state index contributed by atoms with van der Waals surface area (Å²) in [6, 6.07) is 2.98. The van der Waals surface area contributed by atoms with Gasteiger partial charge >= 0.3 is 6.18 Å². The molecule has 0 spiro atoms. The number of halogens is 3. The fraction of sp³-hybridized carbons (Fsp3) is 0.600. The second-order valence-corrected chi connectivity index (χ2v) is 5.44. The molecule has 0 bridgehead atoms. The van der Waals surface area contributed by atoms with Crippen LogP contribution in [-0.2, 0) is 25.8 Å². The molecular formula is C15H22F3N5. The molecular weight excluding hydrogens is 307 g/mol. The quantitative estimate of drug-likeness (QED) is 0.839. The zero-order chi connectivity index (χ0) is 17.0. The molecule has 0 aliphatic carbocycles. The van der Waals surface area contributed by atoms with Crippen molar-refractivity contribution in [2.45, 2.75) is 59.4 Å². The topological polar surface area (TPSA) is 47.7 Å². The van der Waals surface area contributed by atoms with E-state index < -0.39 is 11.9 Å². The van der Waals surface area contributed by atoms with Gasteiger partial charge in [-0.3, -0.25) is 9.36 Å². The van der Waals surface area contributed by atoms with Crippen LogP contribution in [0.15, 0.2) is 12.1 Å². The summed E-state index contributed by atoms with van der Waals surface area (Å²) in [5.41, 5.74) is 0.655. The van der Waals surface area contributed by atoms with Crippen LogP contribution in [0.4, 0.5) is 19.0 Å². The highest BCUT2D eigenvalue weighted by molar-refractivity contribution is 5.36. The van der Waals surface area contributed by atoms with Crippen LogP contribution in [0.3, 0.4) is 0 Å². The van der Waals surface area contributed by atoms with Crippen LogP contribution < -0.4 is 5.32 Å². The number of nitrogens with zero attached hydrogens (tertiary/aromatic N) is 4. The summed E-state index contributed by atoms with van der Waals surface area (Å²) in [5, 5.41) is 11.1. The van der Waals surface area contributed by atoms with Crippen LogP contribution in [0.25, 0.3) is 0 Å². The molecule has 0 aliphatic heterocycles. The van der Waals surface area contributed by atoms with Crippen molar-refractivity contribution < 1.29 is 13.2 Å². The standard InChI is InChI=1S/C15H22F3N5/c1-4-6-7-23-11(3)8-14(21-23)19-10-12-9-13(15(16,17)18)20-22(12)5-2/h8-9H,4-7,10H2,1-3H3,(H,19,21). The third kappa shape index (κ3) is 4.27. The summed E-state index contributed by atoms with van der Waals surface area (Å²) in [7, 11) is 0. The normalized spacial score (nSPS) is 11.9. The van der Waals surface area contributed by atoms with Crippen molar-refractivity contribution in [3.05, 3.63) is 29.2 Å². The summed E-state index contributed by atoms with van der Waals surface area (Å²) in [5.74, 6) is 0.663. The molecule has 0 atom stereocenters. The van der Waals surface area contributed by atoms with Gasteiger partial charge in [0.25, 0.3) is 0 Å². The molecule has 0 aromatic carbocycles. The highest BCUT2D eigenvalue weighted by Gasteiger charge is 2.34. The fourth-order valence-electron chi connectivity index (χ4n) is 2.32. The number of nitrogens with one attached hydrogen (secondary N) is 1. The number of aryl methyl sites for hydroxylation is 3. The monoisotopic (exact) mass is 329 g/mol. The van der Waals surface area contributed by atoms with Gasteiger partial charge in [-0.05, 0) is 26.3 Å².